The highest BCUT2D eigenvalue weighted by Gasteiger charge is 2.08. The van der Waals surface area contributed by atoms with Crippen LogP contribution in [0.2, 0.25) is 10.0 Å². The van der Waals surface area contributed by atoms with Crippen molar-refractivity contribution in [3.8, 4) is 11.5 Å². The third-order valence-electron chi connectivity index (χ3n) is 2.67. The normalized spacial score (nSPS) is 12.2. The number of nitrogens with two attached hydrogens (primary N) is 1. The summed E-state index contributed by atoms with van der Waals surface area (Å²) in [5.74, 6) is 0.429. The van der Waals surface area contributed by atoms with Crippen LogP contribution < -0.4 is 10.5 Å². The van der Waals surface area contributed by atoms with Gasteiger partial charge in [0.2, 0.25) is 0 Å². The standard InChI is InChI=1S/C15H14Cl2FNO/c1-9(19)6-10-2-5-15(13(17)7-10)20-11-3-4-14(18)12(16)8-11/h2-5,7-9H,6,19H2,1H3. The summed E-state index contributed by atoms with van der Waals surface area (Å²) in [4.78, 5) is 0. The lowest BCUT2D eigenvalue weighted by molar-refractivity contribution is 0.480. The molecule has 1 atom stereocenters. The molecule has 5 heteroatoms. The van der Waals surface area contributed by atoms with Crippen molar-refractivity contribution in [2.24, 2.45) is 5.73 Å². The van der Waals surface area contributed by atoms with Crippen molar-refractivity contribution in [1.82, 2.24) is 0 Å². The van der Waals surface area contributed by atoms with Gasteiger partial charge in [0.15, 0.2) is 0 Å². The third-order valence-corrected chi connectivity index (χ3v) is 3.26. The lowest BCUT2D eigenvalue weighted by Crippen LogP contribution is -2.17. The van der Waals surface area contributed by atoms with Gasteiger partial charge in [-0.05, 0) is 43.2 Å². The number of benzene rings is 2. The molecule has 2 N–H and O–H groups in total. The van der Waals surface area contributed by atoms with Crippen LogP contribution in [0, 0.1) is 5.82 Å². The van der Waals surface area contributed by atoms with E-state index in [0.717, 1.165) is 12.0 Å². The van der Waals surface area contributed by atoms with Gasteiger partial charge in [0.25, 0.3) is 0 Å². The van der Waals surface area contributed by atoms with Crippen molar-refractivity contribution in [1.29, 1.82) is 0 Å². The third kappa shape index (κ3) is 3.85. The second kappa shape index (κ2) is 6.44. The molecule has 0 spiro atoms. The molecule has 0 aliphatic heterocycles. The Morgan fingerprint density at radius 1 is 1.15 bits per heavy atom. The largest absolute Gasteiger partial charge is 0.456 e. The van der Waals surface area contributed by atoms with Crippen molar-refractivity contribution in [3.05, 3.63) is 57.8 Å². The summed E-state index contributed by atoms with van der Waals surface area (Å²) in [5.41, 5.74) is 6.78. The number of rotatable bonds is 4. The van der Waals surface area contributed by atoms with E-state index in [1.54, 1.807) is 6.07 Å². The van der Waals surface area contributed by atoms with E-state index < -0.39 is 5.82 Å². The fraction of sp³-hybridized carbons (Fsp3) is 0.200. The molecule has 2 rings (SSSR count). The van der Waals surface area contributed by atoms with Gasteiger partial charge >= 0.3 is 0 Å². The van der Waals surface area contributed by atoms with Crippen molar-refractivity contribution >= 4 is 23.2 Å². The summed E-state index contributed by atoms with van der Waals surface area (Å²) >= 11 is 11.9. The van der Waals surface area contributed by atoms with Crippen LogP contribution in [0.25, 0.3) is 0 Å². The van der Waals surface area contributed by atoms with Gasteiger partial charge in [-0.25, -0.2) is 4.39 Å². The zero-order chi connectivity index (χ0) is 14.7. The average molecular weight is 314 g/mol. The SMILES string of the molecule is CC(N)Cc1ccc(Oc2ccc(F)c(Cl)c2)c(Cl)c1. The van der Waals surface area contributed by atoms with E-state index in [4.69, 9.17) is 33.7 Å². The number of hydrogen-bond donors (Lipinski definition) is 1. The molecular weight excluding hydrogens is 300 g/mol. The minimum atomic E-state index is -0.489. The first-order chi connectivity index (χ1) is 9.45. The first kappa shape index (κ1) is 15.1. The Balaban J connectivity index is 2.19. The number of ether oxygens (including phenoxy) is 1. The van der Waals surface area contributed by atoms with Crippen molar-refractivity contribution in [2.45, 2.75) is 19.4 Å². The zero-order valence-corrected chi connectivity index (χ0v) is 12.4. The maximum Gasteiger partial charge on any atom is 0.146 e. The zero-order valence-electron chi connectivity index (χ0n) is 10.9. The van der Waals surface area contributed by atoms with Gasteiger partial charge in [0, 0.05) is 12.1 Å². The molecule has 0 aliphatic rings. The highest BCUT2D eigenvalue weighted by atomic mass is 35.5. The Morgan fingerprint density at radius 2 is 1.90 bits per heavy atom. The molecule has 0 bridgehead atoms. The summed E-state index contributed by atoms with van der Waals surface area (Å²) in [6, 6.07) is 9.68. The van der Waals surface area contributed by atoms with Crippen LogP contribution in [0.15, 0.2) is 36.4 Å². The fourth-order valence-corrected chi connectivity index (χ4v) is 2.21. The Kier molecular flexibility index (Phi) is 4.86. The quantitative estimate of drug-likeness (QED) is 0.878. The monoisotopic (exact) mass is 313 g/mol. The molecule has 0 heterocycles. The maximum atomic E-state index is 13.1. The summed E-state index contributed by atoms with van der Waals surface area (Å²) < 4.78 is 18.7. The van der Waals surface area contributed by atoms with Gasteiger partial charge in [-0.1, -0.05) is 29.3 Å². The van der Waals surface area contributed by atoms with Crippen LogP contribution in [0.3, 0.4) is 0 Å². The predicted octanol–water partition coefficient (Wildman–Crippen LogP) is 4.81. The summed E-state index contributed by atoms with van der Waals surface area (Å²) in [5, 5.41) is 0.482. The van der Waals surface area contributed by atoms with Crippen molar-refractivity contribution < 1.29 is 9.13 Å². The van der Waals surface area contributed by atoms with Gasteiger partial charge in [0.05, 0.1) is 10.0 Å². The molecule has 106 valence electrons. The van der Waals surface area contributed by atoms with E-state index in [0.29, 0.717) is 16.5 Å². The molecule has 2 aromatic carbocycles. The molecule has 0 amide bonds. The van der Waals surface area contributed by atoms with Gasteiger partial charge in [-0.3, -0.25) is 0 Å². The Bertz CT molecular complexity index is 617. The van der Waals surface area contributed by atoms with Gasteiger partial charge in [0.1, 0.15) is 17.3 Å². The van der Waals surface area contributed by atoms with Crippen molar-refractivity contribution in [2.75, 3.05) is 0 Å². The number of hydrogen-bond acceptors (Lipinski definition) is 2. The smallest absolute Gasteiger partial charge is 0.146 e. The van der Waals surface area contributed by atoms with Crippen LogP contribution in [-0.4, -0.2) is 6.04 Å². The summed E-state index contributed by atoms with van der Waals surface area (Å²) in [6.45, 7) is 1.93. The minimum absolute atomic E-state index is 0.00667. The van der Waals surface area contributed by atoms with E-state index in [9.17, 15) is 4.39 Å². The molecule has 2 nitrogen and oxygen atoms in total. The van der Waals surface area contributed by atoms with E-state index in [2.05, 4.69) is 0 Å². The minimum Gasteiger partial charge on any atom is -0.456 e. The highest BCUT2D eigenvalue weighted by molar-refractivity contribution is 6.32. The molecule has 0 aliphatic carbocycles. The molecule has 1 unspecified atom stereocenters. The highest BCUT2D eigenvalue weighted by Crippen LogP contribution is 2.32. The molecule has 0 aromatic heterocycles. The Morgan fingerprint density at radius 3 is 2.50 bits per heavy atom. The average Bonchev–Trinajstić information content (AvgIpc) is 2.36. The van der Waals surface area contributed by atoms with Crippen LogP contribution >= 0.6 is 23.2 Å². The lowest BCUT2D eigenvalue weighted by Gasteiger charge is -2.11. The van der Waals surface area contributed by atoms with Crippen LogP contribution in [0.5, 0.6) is 11.5 Å². The lowest BCUT2D eigenvalue weighted by atomic mass is 10.1. The summed E-state index contributed by atoms with van der Waals surface area (Å²) in [7, 11) is 0. The maximum absolute atomic E-state index is 13.1. The summed E-state index contributed by atoms with van der Waals surface area (Å²) in [6.07, 6.45) is 0.738. The molecule has 0 saturated heterocycles. The Hall–Kier alpha value is -1.29. The fourth-order valence-electron chi connectivity index (χ4n) is 1.79. The van der Waals surface area contributed by atoms with E-state index in [1.807, 2.05) is 19.1 Å². The predicted molar refractivity (Wildman–Crippen MR) is 80.3 cm³/mol. The second-order valence-corrected chi connectivity index (χ2v) is 5.44. The van der Waals surface area contributed by atoms with E-state index in [-0.39, 0.29) is 11.1 Å². The molecule has 0 saturated carbocycles. The topological polar surface area (TPSA) is 35.2 Å². The molecule has 0 radical (unpaired) electrons. The first-order valence-corrected chi connectivity index (χ1v) is 6.88. The van der Waals surface area contributed by atoms with E-state index >= 15 is 0 Å². The van der Waals surface area contributed by atoms with Crippen LogP contribution in [0.4, 0.5) is 4.39 Å². The molecule has 0 fully saturated rings. The molecule has 2 aromatic rings. The van der Waals surface area contributed by atoms with Crippen molar-refractivity contribution in [3.63, 3.8) is 0 Å². The van der Waals surface area contributed by atoms with Gasteiger partial charge < -0.3 is 10.5 Å². The second-order valence-electron chi connectivity index (χ2n) is 4.62. The van der Waals surface area contributed by atoms with Gasteiger partial charge in [-0.15, -0.1) is 0 Å². The van der Waals surface area contributed by atoms with Crippen LogP contribution in [0.1, 0.15) is 12.5 Å². The molecule has 20 heavy (non-hydrogen) atoms. The Labute approximate surface area is 127 Å². The van der Waals surface area contributed by atoms with Crippen LogP contribution in [-0.2, 0) is 6.42 Å². The number of halogens is 3. The molecular formula is C15H14Cl2FNO. The van der Waals surface area contributed by atoms with Gasteiger partial charge in [-0.2, -0.15) is 0 Å². The first-order valence-electron chi connectivity index (χ1n) is 6.12. The van der Waals surface area contributed by atoms with E-state index in [1.165, 1.54) is 18.2 Å².